The van der Waals surface area contributed by atoms with Gasteiger partial charge in [0.2, 0.25) is 0 Å². The number of phosphoric acid groups is 2. The molecule has 1 fully saturated rings. The zero-order valence-electron chi connectivity index (χ0n) is 40.6. The number of cyclic esters (lactones) is 1. The summed E-state index contributed by atoms with van der Waals surface area (Å²) in [5, 5.41) is 68.0. The van der Waals surface area contributed by atoms with Gasteiger partial charge in [-0.05, 0) is 70.6 Å². The zero-order valence-corrected chi connectivity index (χ0v) is 42.4. The van der Waals surface area contributed by atoms with Crippen LogP contribution in [-0.4, -0.2) is 131 Å². The van der Waals surface area contributed by atoms with Crippen LogP contribution in [0.4, 0.5) is 0 Å². The molecule has 1 aliphatic carbocycles. The first-order valence-electron chi connectivity index (χ1n) is 24.6. The molecule has 0 amide bonds. The standard InChI is InChI=1S/C49H80O19P2/c1-3-5-7-8-9-10-11-12-13-14-15-16-17-18-19-20-25-29-42(53)64-34-37-35-65-70(62,63)68-49-47(58)46(57)44(55)38(28-24-21-22-26-30-43(54)66-37)40(51)33-41(52)39(32-31-36(50)27-23-6-4-2)45(56)48(49)67-69(59,60)61/h9-10,12-13,15-16,18-19,21,24,31-32,36-39,41,44-50,52,55-58H,3-8,11,14,17,20,22-23,25-30,33-35H2,1-2H3,(H,62,63)(H2,59,60,61)/b10-9-,13-12-,16-15-,19-18-,24-21-,32-31+/t36-,37+,38-,39-,41+,44+,45+,46-,47+,48+,49-/m0/s1. The number of hydrogen-bond donors (Lipinski definition) is 9. The quantitative estimate of drug-likeness (QED) is 0.0225. The minimum atomic E-state index is -5.79. The molecule has 2 rings (SSSR count). The number of esters is 2. The number of Topliss-reactive ketones (excluding diaryl/α,β-unsaturated/α-hetero) is 1. The molecule has 0 radical (unpaired) electrons. The molecular weight excluding hydrogens is 954 g/mol. The third-order valence-corrected chi connectivity index (χ3v) is 13.1. The van der Waals surface area contributed by atoms with Gasteiger partial charge in [0.25, 0.3) is 0 Å². The van der Waals surface area contributed by atoms with Crippen molar-refractivity contribution in [2.45, 2.75) is 191 Å². The highest BCUT2D eigenvalue weighted by atomic mass is 31.2. The number of ether oxygens (including phenoxy) is 2. The van der Waals surface area contributed by atoms with Gasteiger partial charge < -0.3 is 54.8 Å². The van der Waals surface area contributed by atoms with E-state index >= 15 is 0 Å². The first-order chi connectivity index (χ1) is 33.3. The van der Waals surface area contributed by atoms with Crippen LogP contribution in [0.3, 0.4) is 0 Å². The molecular formula is C49H80O19P2. The van der Waals surface area contributed by atoms with E-state index in [1.165, 1.54) is 25.3 Å². The maximum Gasteiger partial charge on any atom is 0.472 e. The molecule has 0 aromatic heterocycles. The summed E-state index contributed by atoms with van der Waals surface area (Å²) in [6, 6.07) is 0. The van der Waals surface area contributed by atoms with E-state index in [4.69, 9.17) is 23.0 Å². The fraction of sp³-hybridized carbons (Fsp3) is 0.694. The fourth-order valence-corrected chi connectivity index (χ4v) is 9.19. The van der Waals surface area contributed by atoms with Crippen molar-refractivity contribution in [3.05, 3.63) is 72.9 Å². The number of carbonyl (C=O) groups is 3. The number of aliphatic hydroxyl groups is 6. The lowest BCUT2D eigenvalue weighted by Crippen LogP contribution is -2.56. The molecule has 1 heterocycles. The topological polar surface area (TPSA) is 314 Å². The van der Waals surface area contributed by atoms with E-state index in [2.05, 4.69) is 37.3 Å². The molecule has 0 saturated heterocycles. The predicted octanol–water partition coefficient (Wildman–Crippen LogP) is 6.20. The van der Waals surface area contributed by atoms with Gasteiger partial charge in [0.05, 0.1) is 31.0 Å². The molecule has 12 atom stereocenters. The van der Waals surface area contributed by atoms with Crippen LogP contribution in [0.2, 0.25) is 0 Å². The summed E-state index contributed by atoms with van der Waals surface area (Å²) >= 11 is 0. The number of aliphatic hydroxyl groups excluding tert-OH is 6. The first-order valence-corrected chi connectivity index (χ1v) is 27.6. The molecule has 0 aromatic carbocycles. The number of ketones is 1. The van der Waals surface area contributed by atoms with Crippen LogP contribution in [0.5, 0.6) is 0 Å². The summed E-state index contributed by atoms with van der Waals surface area (Å²) in [7, 11) is -11.5. The summed E-state index contributed by atoms with van der Waals surface area (Å²) in [4.78, 5) is 70.3. The number of hydrogen-bond acceptors (Lipinski definition) is 16. The highest BCUT2D eigenvalue weighted by Crippen LogP contribution is 2.49. The third kappa shape index (κ3) is 26.6. The Morgan fingerprint density at radius 3 is 2.09 bits per heavy atom. The molecule has 1 saturated carbocycles. The van der Waals surface area contributed by atoms with Crippen molar-refractivity contribution in [3.8, 4) is 0 Å². The number of phosphoric ester groups is 2. The van der Waals surface area contributed by atoms with E-state index in [1.54, 1.807) is 6.08 Å². The third-order valence-electron chi connectivity index (χ3n) is 11.6. The Labute approximate surface area is 412 Å². The highest BCUT2D eigenvalue weighted by molar-refractivity contribution is 7.47. The van der Waals surface area contributed by atoms with Gasteiger partial charge in [0.1, 0.15) is 36.8 Å². The van der Waals surface area contributed by atoms with Crippen molar-refractivity contribution >= 4 is 33.4 Å². The largest absolute Gasteiger partial charge is 0.472 e. The minimum absolute atomic E-state index is 0.0281. The molecule has 21 heteroatoms. The zero-order chi connectivity index (χ0) is 52.0. The smallest absolute Gasteiger partial charge is 0.462 e. The predicted molar refractivity (Wildman–Crippen MR) is 260 cm³/mol. The molecule has 70 heavy (non-hydrogen) atoms. The Hall–Kier alpha value is -2.97. The second-order valence-electron chi connectivity index (χ2n) is 17.6. The lowest BCUT2D eigenvalue weighted by Gasteiger charge is -2.38. The maximum absolute atomic E-state index is 13.7. The van der Waals surface area contributed by atoms with Gasteiger partial charge >= 0.3 is 27.6 Å². The van der Waals surface area contributed by atoms with Crippen LogP contribution in [0.15, 0.2) is 72.9 Å². The molecule has 1 unspecified atom stereocenters. The molecule has 2 bridgehead atoms. The summed E-state index contributed by atoms with van der Waals surface area (Å²) in [5.41, 5.74) is 0. The van der Waals surface area contributed by atoms with E-state index in [9.17, 15) is 68.8 Å². The Balaban J connectivity index is 2.30. The van der Waals surface area contributed by atoms with Crippen LogP contribution in [0, 0.1) is 11.8 Å². The van der Waals surface area contributed by atoms with Crippen molar-refractivity contribution in [1.82, 2.24) is 0 Å². The lowest BCUT2D eigenvalue weighted by molar-refractivity contribution is -0.165. The Kier molecular flexibility index (Phi) is 31.8. The van der Waals surface area contributed by atoms with Gasteiger partial charge in [-0.1, -0.05) is 119 Å². The van der Waals surface area contributed by atoms with Crippen molar-refractivity contribution in [1.29, 1.82) is 0 Å². The molecule has 400 valence electrons. The van der Waals surface area contributed by atoms with E-state index in [-0.39, 0.29) is 38.5 Å². The van der Waals surface area contributed by atoms with E-state index in [0.717, 1.165) is 44.3 Å². The van der Waals surface area contributed by atoms with Crippen molar-refractivity contribution < 1.29 is 91.9 Å². The molecule has 2 aliphatic rings. The summed E-state index contributed by atoms with van der Waals surface area (Å²) in [6.07, 6.45) is 11.7. The van der Waals surface area contributed by atoms with Crippen molar-refractivity contribution in [3.63, 3.8) is 0 Å². The monoisotopic (exact) mass is 1030 g/mol. The fourth-order valence-electron chi connectivity index (χ4n) is 7.66. The Bertz CT molecular complexity index is 1790. The number of allylic oxidation sites excluding steroid dienone is 10. The molecule has 1 aliphatic heterocycles. The van der Waals surface area contributed by atoms with E-state index in [0.29, 0.717) is 25.7 Å². The number of fused-ring (bicyclic) bond motifs is 4. The van der Waals surface area contributed by atoms with Crippen molar-refractivity contribution in [2.75, 3.05) is 13.2 Å². The van der Waals surface area contributed by atoms with Crippen LogP contribution < -0.4 is 0 Å². The number of rotatable bonds is 24. The molecule has 19 nitrogen and oxygen atoms in total. The minimum Gasteiger partial charge on any atom is -0.462 e. The first kappa shape index (κ1) is 63.1. The summed E-state index contributed by atoms with van der Waals surface area (Å²) in [6.45, 7) is 2.47. The van der Waals surface area contributed by atoms with Gasteiger partial charge in [-0.2, -0.15) is 0 Å². The molecule has 0 aromatic rings. The molecule has 0 spiro atoms. The summed E-state index contributed by atoms with van der Waals surface area (Å²) in [5.74, 6) is -5.75. The average Bonchev–Trinajstić information content (AvgIpc) is 3.30. The number of carbonyl (C=O) groups excluding carboxylic acids is 3. The maximum atomic E-state index is 13.7. The van der Waals surface area contributed by atoms with Crippen molar-refractivity contribution in [2.24, 2.45) is 11.8 Å². The summed E-state index contributed by atoms with van der Waals surface area (Å²) < 4.78 is 52.0. The average molecular weight is 1040 g/mol. The van der Waals surface area contributed by atoms with Crippen LogP contribution in [-0.2, 0) is 46.6 Å². The van der Waals surface area contributed by atoms with Gasteiger partial charge in [-0.15, -0.1) is 0 Å². The van der Waals surface area contributed by atoms with Gasteiger partial charge in [0, 0.05) is 31.1 Å². The Morgan fingerprint density at radius 1 is 0.843 bits per heavy atom. The second kappa shape index (κ2) is 35.2. The number of unbranched alkanes of at least 4 members (excludes halogenated alkanes) is 6. The second-order valence-corrected chi connectivity index (χ2v) is 20.2. The van der Waals surface area contributed by atoms with Gasteiger partial charge in [-0.3, -0.25) is 28.0 Å². The lowest BCUT2D eigenvalue weighted by atomic mass is 9.84. The van der Waals surface area contributed by atoms with Gasteiger partial charge in [0.15, 0.2) is 6.10 Å². The molecule has 9 N–H and O–H groups in total. The van der Waals surface area contributed by atoms with Crippen LogP contribution in [0.25, 0.3) is 0 Å². The van der Waals surface area contributed by atoms with E-state index in [1.807, 2.05) is 25.2 Å². The normalized spacial score (nSPS) is 30.6. The van der Waals surface area contributed by atoms with Crippen LogP contribution in [0.1, 0.15) is 136 Å². The van der Waals surface area contributed by atoms with E-state index < -0.39 is 120 Å². The SMILES string of the molecule is CCCCC/C=C\C/C=C\C/C=C\C/C=C\CCCC(=O)OC[C@@H]1COP(=O)(O)O[C@H]2[C@H](O)[C@@H](O)[C@H](O)[C@@H](C/C=C\CCCC(=O)O1)C(=O)C[C@@H](O)[C@H](/C=C/[C@@H](O)CCCCC)[C@@H](O)[C@H]2OP(=O)(O)O. The highest BCUT2D eigenvalue weighted by Gasteiger charge is 2.51. The van der Waals surface area contributed by atoms with Crippen LogP contribution >= 0.6 is 15.6 Å². The Morgan fingerprint density at radius 2 is 1.46 bits per heavy atom. The van der Waals surface area contributed by atoms with Gasteiger partial charge in [-0.25, -0.2) is 9.13 Å².